The van der Waals surface area contributed by atoms with Crippen LogP contribution in [0.4, 0.5) is 0 Å². The number of carboxylic acid groups (broad SMARTS) is 1. The van der Waals surface area contributed by atoms with Gasteiger partial charge in [0.2, 0.25) is 0 Å². The fraction of sp³-hybridized carbons (Fsp3) is 0.167. The first-order valence-corrected chi connectivity index (χ1v) is 4.61. The van der Waals surface area contributed by atoms with Crippen molar-refractivity contribution in [3.8, 4) is 0 Å². The number of hydrogen-bond donors (Lipinski definition) is 2. The van der Waals surface area contributed by atoms with Crippen LogP contribution in [0.3, 0.4) is 0 Å². The van der Waals surface area contributed by atoms with E-state index in [-0.39, 0.29) is 0 Å². The van der Waals surface area contributed by atoms with E-state index in [0.717, 1.165) is 17.5 Å². The van der Waals surface area contributed by atoms with Gasteiger partial charge in [-0.3, -0.25) is 5.14 Å². The molecule has 3 N–H and O–H groups in total. The predicted octanol–water partition coefficient (Wildman–Crippen LogP) is 1.72. The first-order valence-electron chi connectivity index (χ1n) is 2.85. The van der Waals surface area contributed by atoms with Crippen LogP contribution < -0.4 is 5.14 Å². The molecule has 0 radical (unpaired) electrons. The molecule has 0 spiro atoms. The monoisotopic (exact) mass is 189 g/mol. The maximum atomic E-state index is 10.5. The van der Waals surface area contributed by atoms with Gasteiger partial charge < -0.3 is 5.11 Å². The van der Waals surface area contributed by atoms with Gasteiger partial charge in [0, 0.05) is 0 Å². The second-order valence-electron chi connectivity index (χ2n) is 2.00. The highest BCUT2D eigenvalue weighted by molar-refractivity contribution is 7.97. The van der Waals surface area contributed by atoms with Gasteiger partial charge in [-0.1, -0.05) is 0 Å². The van der Waals surface area contributed by atoms with Gasteiger partial charge in [-0.15, -0.1) is 11.3 Å². The highest BCUT2D eigenvalue weighted by Gasteiger charge is 2.13. The molecular formula is C6H7NO2S2. The van der Waals surface area contributed by atoms with Crippen molar-refractivity contribution in [2.45, 2.75) is 11.8 Å². The molecule has 60 valence electrons. The number of carboxylic acids is 1. The van der Waals surface area contributed by atoms with Gasteiger partial charge in [-0.25, -0.2) is 4.79 Å². The molecule has 1 rings (SSSR count). The molecule has 0 atom stereocenters. The normalized spacial score (nSPS) is 10.0. The van der Waals surface area contributed by atoms with E-state index in [9.17, 15) is 4.79 Å². The van der Waals surface area contributed by atoms with Crippen LogP contribution in [0.15, 0.2) is 10.3 Å². The Morgan fingerprint density at radius 2 is 2.45 bits per heavy atom. The Balaban J connectivity index is 3.15. The van der Waals surface area contributed by atoms with Crippen molar-refractivity contribution >= 4 is 29.3 Å². The predicted molar refractivity (Wildman–Crippen MR) is 46.1 cm³/mol. The summed E-state index contributed by atoms with van der Waals surface area (Å²) >= 11 is 2.20. The molecule has 0 unspecified atom stereocenters. The van der Waals surface area contributed by atoms with Crippen molar-refractivity contribution < 1.29 is 9.90 Å². The minimum Gasteiger partial charge on any atom is -0.477 e. The smallest absolute Gasteiger partial charge is 0.347 e. The van der Waals surface area contributed by atoms with Gasteiger partial charge in [0.25, 0.3) is 0 Å². The molecule has 0 saturated carbocycles. The van der Waals surface area contributed by atoms with Crippen LogP contribution in [-0.4, -0.2) is 11.1 Å². The van der Waals surface area contributed by atoms with Crippen LogP contribution >= 0.6 is 23.3 Å². The number of aromatic carboxylic acids is 1. The first-order chi connectivity index (χ1) is 5.16. The summed E-state index contributed by atoms with van der Waals surface area (Å²) in [5.41, 5.74) is 0.930. The molecule has 3 nitrogen and oxygen atoms in total. The van der Waals surface area contributed by atoms with Gasteiger partial charge in [0.05, 0.1) is 4.90 Å². The Morgan fingerprint density at radius 3 is 2.82 bits per heavy atom. The van der Waals surface area contributed by atoms with E-state index in [1.807, 2.05) is 6.92 Å². The van der Waals surface area contributed by atoms with Crippen LogP contribution in [0, 0.1) is 6.92 Å². The maximum absolute atomic E-state index is 10.5. The SMILES string of the molecule is Cc1csc(C(=O)O)c1SN. The van der Waals surface area contributed by atoms with E-state index in [4.69, 9.17) is 10.2 Å². The van der Waals surface area contributed by atoms with Crippen molar-refractivity contribution in [3.05, 3.63) is 15.8 Å². The Morgan fingerprint density at radius 1 is 1.82 bits per heavy atom. The minimum absolute atomic E-state index is 0.329. The Kier molecular flexibility index (Phi) is 2.53. The summed E-state index contributed by atoms with van der Waals surface area (Å²) in [6.07, 6.45) is 0. The largest absolute Gasteiger partial charge is 0.477 e. The lowest BCUT2D eigenvalue weighted by Gasteiger charge is -1.94. The number of hydrogen-bond acceptors (Lipinski definition) is 4. The zero-order valence-electron chi connectivity index (χ0n) is 5.83. The van der Waals surface area contributed by atoms with Crippen LogP contribution in [-0.2, 0) is 0 Å². The molecule has 5 heteroatoms. The third kappa shape index (κ3) is 1.55. The zero-order chi connectivity index (χ0) is 8.43. The van der Waals surface area contributed by atoms with Gasteiger partial charge >= 0.3 is 5.97 Å². The third-order valence-electron chi connectivity index (χ3n) is 1.23. The summed E-state index contributed by atoms with van der Waals surface area (Å²) in [5, 5.41) is 15.7. The molecule has 0 amide bonds. The van der Waals surface area contributed by atoms with Crippen molar-refractivity contribution in [2.75, 3.05) is 0 Å². The minimum atomic E-state index is -0.906. The Labute approximate surface area is 72.4 Å². The number of nitrogens with two attached hydrogens (primary N) is 1. The van der Waals surface area contributed by atoms with E-state index in [0.29, 0.717) is 9.77 Å². The van der Waals surface area contributed by atoms with Gasteiger partial charge in [0.15, 0.2) is 0 Å². The number of rotatable bonds is 2. The maximum Gasteiger partial charge on any atom is 0.347 e. The standard InChI is InChI=1S/C6H7NO2S2/c1-3-2-10-5(6(8)9)4(3)11-7/h2H,7H2,1H3,(H,8,9). The van der Waals surface area contributed by atoms with E-state index in [1.165, 1.54) is 11.3 Å². The molecule has 0 bridgehead atoms. The molecular weight excluding hydrogens is 182 g/mol. The molecule has 0 fully saturated rings. The average molecular weight is 189 g/mol. The summed E-state index contributed by atoms with van der Waals surface area (Å²) in [6.45, 7) is 1.85. The van der Waals surface area contributed by atoms with E-state index in [2.05, 4.69) is 0 Å². The molecule has 0 aliphatic carbocycles. The lowest BCUT2D eigenvalue weighted by molar-refractivity contribution is 0.0698. The number of thiophene rings is 1. The van der Waals surface area contributed by atoms with Crippen LogP contribution in [0.2, 0.25) is 0 Å². The van der Waals surface area contributed by atoms with Crippen LogP contribution in [0.25, 0.3) is 0 Å². The van der Waals surface area contributed by atoms with Gasteiger partial charge in [0.1, 0.15) is 4.88 Å². The third-order valence-corrected chi connectivity index (χ3v) is 3.21. The Bertz CT molecular complexity index is 282. The van der Waals surface area contributed by atoms with Crippen LogP contribution in [0.5, 0.6) is 0 Å². The van der Waals surface area contributed by atoms with Crippen molar-refractivity contribution in [1.29, 1.82) is 0 Å². The average Bonchev–Trinajstić information content (AvgIpc) is 2.30. The summed E-state index contributed by atoms with van der Waals surface area (Å²) in [7, 11) is 0. The molecule has 1 aromatic heterocycles. The topological polar surface area (TPSA) is 63.3 Å². The van der Waals surface area contributed by atoms with E-state index in [1.54, 1.807) is 5.38 Å². The first kappa shape index (κ1) is 8.58. The molecule has 11 heavy (non-hydrogen) atoms. The summed E-state index contributed by atoms with van der Waals surface area (Å²) < 4.78 is 0. The Hall–Kier alpha value is -0.520. The number of carbonyl (C=O) groups is 1. The fourth-order valence-electron chi connectivity index (χ4n) is 0.727. The second-order valence-corrected chi connectivity index (χ2v) is 3.52. The molecule has 0 aliphatic rings. The van der Waals surface area contributed by atoms with Crippen LogP contribution in [0.1, 0.15) is 15.2 Å². The lowest BCUT2D eigenvalue weighted by atomic mass is 10.3. The molecule has 0 aromatic carbocycles. The fourth-order valence-corrected chi connectivity index (χ4v) is 2.31. The second kappa shape index (κ2) is 3.25. The highest BCUT2D eigenvalue weighted by atomic mass is 32.2. The lowest BCUT2D eigenvalue weighted by Crippen LogP contribution is -1.95. The van der Waals surface area contributed by atoms with E-state index < -0.39 is 5.97 Å². The summed E-state index contributed by atoms with van der Waals surface area (Å²) in [5.74, 6) is -0.906. The van der Waals surface area contributed by atoms with Crippen molar-refractivity contribution in [1.82, 2.24) is 0 Å². The van der Waals surface area contributed by atoms with Crippen molar-refractivity contribution in [3.63, 3.8) is 0 Å². The van der Waals surface area contributed by atoms with Gasteiger partial charge in [-0.05, 0) is 29.8 Å². The molecule has 0 saturated heterocycles. The number of aryl methyl sites for hydroxylation is 1. The van der Waals surface area contributed by atoms with Crippen molar-refractivity contribution in [2.24, 2.45) is 5.14 Å². The molecule has 1 heterocycles. The molecule has 0 aliphatic heterocycles. The molecule has 1 aromatic rings. The van der Waals surface area contributed by atoms with E-state index >= 15 is 0 Å². The quantitative estimate of drug-likeness (QED) is 0.695. The highest BCUT2D eigenvalue weighted by Crippen LogP contribution is 2.28. The zero-order valence-corrected chi connectivity index (χ0v) is 7.46. The summed E-state index contributed by atoms with van der Waals surface area (Å²) in [4.78, 5) is 11.5. The summed E-state index contributed by atoms with van der Waals surface area (Å²) in [6, 6.07) is 0. The van der Waals surface area contributed by atoms with Gasteiger partial charge in [-0.2, -0.15) is 0 Å².